The van der Waals surface area contributed by atoms with Gasteiger partial charge in [0.15, 0.2) is 0 Å². The molecular weight excluding hydrogens is 272 g/mol. The van der Waals surface area contributed by atoms with Crippen LogP contribution in [0.5, 0.6) is 5.75 Å². The third-order valence-electron chi connectivity index (χ3n) is 2.17. The average molecular weight is 289 g/mol. The third kappa shape index (κ3) is 3.77. The summed E-state index contributed by atoms with van der Waals surface area (Å²) in [6.45, 7) is 2.99. The molecule has 1 aromatic carbocycles. The summed E-state index contributed by atoms with van der Waals surface area (Å²) >= 11 is 3.37. The topological polar surface area (TPSA) is 38.7 Å². The molecule has 0 aliphatic rings. The maximum Gasteiger partial charge on any atom is 0.124 e. The molecule has 0 saturated carbocycles. The second-order valence-corrected chi connectivity index (χ2v) is 4.39. The molecule has 1 rings (SSSR count). The average Bonchev–Trinajstić information content (AvgIpc) is 2.29. The zero-order valence-corrected chi connectivity index (χ0v) is 11.2. The minimum absolute atomic E-state index is 0.292. The fourth-order valence-electron chi connectivity index (χ4n) is 1.39. The maximum atomic E-state index is 9.96. The Morgan fingerprint density at radius 3 is 2.81 bits per heavy atom. The van der Waals surface area contributed by atoms with Crippen LogP contribution in [0, 0.1) is 0 Å². The van der Waals surface area contributed by atoms with Crippen LogP contribution in [-0.4, -0.2) is 25.4 Å². The van der Waals surface area contributed by atoms with Crippen molar-refractivity contribution in [1.82, 2.24) is 0 Å². The standard InChI is InChI=1S/C12H17BrO3/c1-3-6-16-8-11(14)10-7-9(13)4-5-12(10)15-2/h4-5,7,11,14H,3,6,8H2,1-2H3. The Morgan fingerprint density at radius 1 is 1.44 bits per heavy atom. The molecule has 4 heteroatoms. The van der Waals surface area contributed by atoms with Gasteiger partial charge < -0.3 is 14.6 Å². The van der Waals surface area contributed by atoms with Gasteiger partial charge in [-0.2, -0.15) is 0 Å². The number of hydrogen-bond donors (Lipinski definition) is 1. The van der Waals surface area contributed by atoms with E-state index in [4.69, 9.17) is 9.47 Å². The molecule has 0 aromatic heterocycles. The fourth-order valence-corrected chi connectivity index (χ4v) is 1.77. The molecule has 0 amide bonds. The van der Waals surface area contributed by atoms with E-state index in [1.165, 1.54) is 0 Å². The first-order chi connectivity index (χ1) is 7.69. The summed E-state index contributed by atoms with van der Waals surface area (Å²) in [7, 11) is 1.59. The van der Waals surface area contributed by atoms with E-state index in [0.717, 1.165) is 16.5 Å². The van der Waals surface area contributed by atoms with Gasteiger partial charge in [0.1, 0.15) is 11.9 Å². The van der Waals surface area contributed by atoms with Gasteiger partial charge in [-0.05, 0) is 24.6 Å². The van der Waals surface area contributed by atoms with E-state index in [2.05, 4.69) is 15.9 Å². The quantitative estimate of drug-likeness (QED) is 0.818. The highest BCUT2D eigenvalue weighted by Gasteiger charge is 2.13. The van der Waals surface area contributed by atoms with Gasteiger partial charge in [-0.3, -0.25) is 0 Å². The molecule has 0 bridgehead atoms. The Labute approximate surface area is 105 Å². The first kappa shape index (κ1) is 13.5. The highest BCUT2D eigenvalue weighted by Crippen LogP contribution is 2.28. The van der Waals surface area contributed by atoms with E-state index in [1.54, 1.807) is 7.11 Å². The Morgan fingerprint density at radius 2 is 2.19 bits per heavy atom. The summed E-state index contributed by atoms with van der Waals surface area (Å²) in [6, 6.07) is 5.54. The highest BCUT2D eigenvalue weighted by atomic mass is 79.9. The number of benzene rings is 1. The van der Waals surface area contributed by atoms with Gasteiger partial charge in [0.25, 0.3) is 0 Å². The van der Waals surface area contributed by atoms with Crippen molar-refractivity contribution in [3.05, 3.63) is 28.2 Å². The molecule has 1 unspecified atom stereocenters. The first-order valence-electron chi connectivity index (χ1n) is 5.28. The van der Waals surface area contributed by atoms with Crippen LogP contribution in [0.1, 0.15) is 25.0 Å². The summed E-state index contributed by atoms with van der Waals surface area (Å²) in [6.07, 6.45) is 0.293. The molecule has 3 nitrogen and oxygen atoms in total. The van der Waals surface area contributed by atoms with E-state index in [-0.39, 0.29) is 0 Å². The Hall–Kier alpha value is -0.580. The number of aliphatic hydroxyl groups excluding tert-OH is 1. The van der Waals surface area contributed by atoms with E-state index in [0.29, 0.717) is 19.0 Å². The molecule has 16 heavy (non-hydrogen) atoms. The normalized spacial score (nSPS) is 12.5. The largest absolute Gasteiger partial charge is 0.496 e. The van der Waals surface area contributed by atoms with Gasteiger partial charge in [0, 0.05) is 16.6 Å². The maximum absolute atomic E-state index is 9.96. The van der Waals surface area contributed by atoms with E-state index < -0.39 is 6.10 Å². The van der Waals surface area contributed by atoms with Crippen LogP contribution in [0.2, 0.25) is 0 Å². The zero-order chi connectivity index (χ0) is 12.0. The molecule has 0 fully saturated rings. The summed E-state index contributed by atoms with van der Waals surface area (Å²) in [5.74, 6) is 0.677. The second-order valence-electron chi connectivity index (χ2n) is 3.48. The smallest absolute Gasteiger partial charge is 0.124 e. The lowest BCUT2D eigenvalue weighted by Crippen LogP contribution is -2.09. The van der Waals surface area contributed by atoms with Gasteiger partial charge in [-0.25, -0.2) is 0 Å². The number of halogens is 1. The van der Waals surface area contributed by atoms with E-state index in [9.17, 15) is 5.11 Å². The van der Waals surface area contributed by atoms with Gasteiger partial charge in [-0.1, -0.05) is 22.9 Å². The van der Waals surface area contributed by atoms with Crippen LogP contribution in [0.15, 0.2) is 22.7 Å². The highest BCUT2D eigenvalue weighted by molar-refractivity contribution is 9.10. The van der Waals surface area contributed by atoms with Crippen molar-refractivity contribution >= 4 is 15.9 Å². The van der Waals surface area contributed by atoms with Crippen molar-refractivity contribution < 1.29 is 14.6 Å². The summed E-state index contributed by atoms with van der Waals surface area (Å²) in [4.78, 5) is 0. The predicted octanol–water partition coefficient (Wildman–Crippen LogP) is 2.92. The number of methoxy groups -OCH3 is 1. The molecule has 1 atom stereocenters. The molecule has 0 heterocycles. The molecule has 0 saturated heterocycles. The summed E-state index contributed by atoms with van der Waals surface area (Å²) < 4.78 is 11.4. The van der Waals surface area contributed by atoms with Crippen LogP contribution in [0.3, 0.4) is 0 Å². The van der Waals surface area contributed by atoms with Crippen LogP contribution in [-0.2, 0) is 4.74 Å². The van der Waals surface area contributed by atoms with Crippen LogP contribution < -0.4 is 4.74 Å². The SMILES string of the molecule is CCCOCC(O)c1cc(Br)ccc1OC. The zero-order valence-electron chi connectivity index (χ0n) is 9.57. The number of aliphatic hydroxyl groups is 1. The predicted molar refractivity (Wildman–Crippen MR) is 66.8 cm³/mol. The molecule has 0 radical (unpaired) electrons. The molecule has 90 valence electrons. The van der Waals surface area contributed by atoms with Crippen molar-refractivity contribution in [2.45, 2.75) is 19.4 Å². The first-order valence-corrected chi connectivity index (χ1v) is 6.07. The van der Waals surface area contributed by atoms with Crippen LogP contribution >= 0.6 is 15.9 Å². The molecule has 1 N–H and O–H groups in total. The van der Waals surface area contributed by atoms with Gasteiger partial charge in [-0.15, -0.1) is 0 Å². The summed E-state index contributed by atoms with van der Waals surface area (Å²) in [5.41, 5.74) is 0.743. The minimum Gasteiger partial charge on any atom is -0.496 e. The van der Waals surface area contributed by atoms with Gasteiger partial charge in [0.05, 0.1) is 13.7 Å². The third-order valence-corrected chi connectivity index (χ3v) is 2.67. The number of ether oxygens (including phenoxy) is 2. The number of rotatable bonds is 6. The van der Waals surface area contributed by atoms with Crippen molar-refractivity contribution in [3.8, 4) is 5.75 Å². The Balaban J connectivity index is 2.72. The number of hydrogen-bond acceptors (Lipinski definition) is 3. The van der Waals surface area contributed by atoms with Gasteiger partial charge in [0.2, 0.25) is 0 Å². The lowest BCUT2D eigenvalue weighted by atomic mass is 10.1. The molecule has 1 aromatic rings. The van der Waals surface area contributed by atoms with Crippen LogP contribution in [0.25, 0.3) is 0 Å². The van der Waals surface area contributed by atoms with Crippen molar-refractivity contribution in [3.63, 3.8) is 0 Å². The summed E-state index contributed by atoms with van der Waals surface area (Å²) in [5, 5.41) is 9.96. The molecule has 0 spiro atoms. The Kier molecular flexibility index (Phi) is 5.80. The van der Waals surface area contributed by atoms with E-state index in [1.807, 2.05) is 25.1 Å². The Bertz CT molecular complexity index is 328. The monoisotopic (exact) mass is 288 g/mol. The van der Waals surface area contributed by atoms with Crippen LogP contribution in [0.4, 0.5) is 0 Å². The van der Waals surface area contributed by atoms with Crippen molar-refractivity contribution in [2.75, 3.05) is 20.3 Å². The van der Waals surface area contributed by atoms with E-state index >= 15 is 0 Å². The van der Waals surface area contributed by atoms with Crippen molar-refractivity contribution in [2.24, 2.45) is 0 Å². The molecular formula is C12H17BrO3. The van der Waals surface area contributed by atoms with Gasteiger partial charge >= 0.3 is 0 Å². The molecule has 0 aliphatic heterocycles. The second kappa shape index (κ2) is 6.89. The van der Waals surface area contributed by atoms with Crippen molar-refractivity contribution in [1.29, 1.82) is 0 Å². The molecule has 0 aliphatic carbocycles. The fraction of sp³-hybridized carbons (Fsp3) is 0.500. The lowest BCUT2D eigenvalue weighted by Gasteiger charge is -2.15. The minimum atomic E-state index is -0.654. The lowest BCUT2D eigenvalue weighted by molar-refractivity contribution is 0.0352.